The zero-order valence-electron chi connectivity index (χ0n) is 40.7. The third-order valence-electron chi connectivity index (χ3n) is 11.6. The lowest BCUT2D eigenvalue weighted by molar-refractivity contribution is -0.167. The van der Waals surface area contributed by atoms with E-state index in [9.17, 15) is 14.4 Å². The van der Waals surface area contributed by atoms with Crippen LogP contribution >= 0.6 is 0 Å². The summed E-state index contributed by atoms with van der Waals surface area (Å²) in [6.45, 7) is 6.58. The Morgan fingerprint density at radius 3 is 0.918 bits per heavy atom. The molecule has 0 aliphatic carbocycles. The van der Waals surface area contributed by atoms with E-state index < -0.39 is 6.10 Å². The van der Waals surface area contributed by atoms with Crippen molar-refractivity contribution in [2.24, 2.45) is 0 Å². The van der Waals surface area contributed by atoms with E-state index in [1.807, 2.05) is 0 Å². The SMILES string of the molecule is CCCCCCC/C=C\C/C=C\C/C=C\CCCCCCCCCCCCCCC(=O)OCC(COC(=O)CCCCCCCCC)OC(=O)CCCCCCCCCCC. The molecule has 61 heavy (non-hydrogen) atoms. The van der Waals surface area contributed by atoms with Crippen molar-refractivity contribution in [3.05, 3.63) is 36.5 Å². The number of rotatable bonds is 48. The molecule has 0 heterocycles. The van der Waals surface area contributed by atoms with Crippen molar-refractivity contribution in [2.75, 3.05) is 13.2 Å². The van der Waals surface area contributed by atoms with Gasteiger partial charge in [0, 0.05) is 19.3 Å². The van der Waals surface area contributed by atoms with Crippen LogP contribution in [0.25, 0.3) is 0 Å². The molecular formula is C55H100O6. The van der Waals surface area contributed by atoms with Gasteiger partial charge in [-0.05, 0) is 57.8 Å². The first-order valence-corrected chi connectivity index (χ1v) is 26.5. The molecule has 0 saturated heterocycles. The second-order valence-corrected chi connectivity index (χ2v) is 17.8. The van der Waals surface area contributed by atoms with Crippen molar-refractivity contribution < 1.29 is 28.6 Å². The smallest absolute Gasteiger partial charge is 0.306 e. The molecule has 0 bridgehead atoms. The number of unbranched alkanes of at least 4 members (excludes halogenated alkanes) is 31. The summed E-state index contributed by atoms with van der Waals surface area (Å²) in [7, 11) is 0. The lowest BCUT2D eigenvalue weighted by Gasteiger charge is -2.18. The summed E-state index contributed by atoms with van der Waals surface area (Å²) >= 11 is 0. The third-order valence-corrected chi connectivity index (χ3v) is 11.6. The van der Waals surface area contributed by atoms with Crippen molar-refractivity contribution in [2.45, 2.75) is 284 Å². The Balaban J connectivity index is 4.02. The van der Waals surface area contributed by atoms with Crippen LogP contribution in [-0.2, 0) is 28.6 Å². The molecule has 356 valence electrons. The largest absolute Gasteiger partial charge is 0.462 e. The topological polar surface area (TPSA) is 78.9 Å². The number of ether oxygens (including phenoxy) is 3. The highest BCUT2D eigenvalue weighted by Gasteiger charge is 2.19. The zero-order valence-corrected chi connectivity index (χ0v) is 40.7. The van der Waals surface area contributed by atoms with Crippen molar-refractivity contribution in [1.29, 1.82) is 0 Å². The predicted octanol–water partition coefficient (Wildman–Crippen LogP) is 17.3. The van der Waals surface area contributed by atoms with Gasteiger partial charge < -0.3 is 14.2 Å². The van der Waals surface area contributed by atoms with E-state index in [0.717, 1.165) is 70.6 Å². The molecule has 1 atom stereocenters. The Morgan fingerprint density at radius 1 is 0.328 bits per heavy atom. The van der Waals surface area contributed by atoms with Crippen molar-refractivity contribution in [3.63, 3.8) is 0 Å². The van der Waals surface area contributed by atoms with Gasteiger partial charge in [-0.3, -0.25) is 14.4 Å². The molecule has 0 N–H and O–H groups in total. The fraction of sp³-hybridized carbons (Fsp3) is 0.836. The summed E-state index contributed by atoms with van der Waals surface area (Å²) in [4.78, 5) is 37.6. The fourth-order valence-electron chi connectivity index (χ4n) is 7.63. The Labute approximate surface area is 378 Å². The molecule has 0 amide bonds. The van der Waals surface area contributed by atoms with Gasteiger partial charge in [0.15, 0.2) is 6.10 Å². The number of carbonyl (C=O) groups is 3. The lowest BCUT2D eigenvalue weighted by Crippen LogP contribution is -2.30. The van der Waals surface area contributed by atoms with E-state index in [4.69, 9.17) is 14.2 Å². The average Bonchev–Trinajstić information content (AvgIpc) is 3.26. The minimum atomic E-state index is -0.764. The quantitative estimate of drug-likeness (QED) is 0.0262. The molecule has 0 aromatic carbocycles. The van der Waals surface area contributed by atoms with Crippen molar-refractivity contribution in [1.82, 2.24) is 0 Å². The number of allylic oxidation sites excluding steroid dienone is 6. The summed E-state index contributed by atoms with van der Waals surface area (Å²) in [6, 6.07) is 0. The Bertz CT molecular complexity index is 1030. The maximum Gasteiger partial charge on any atom is 0.306 e. The van der Waals surface area contributed by atoms with Crippen LogP contribution in [0, 0.1) is 0 Å². The van der Waals surface area contributed by atoms with Gasteiger partial charge in [0.2, 0.25) is 0 Å². The molecule has 0 rings (SSSR count). The summed E-state index contributed by atoms with van der Waals surface area (Å²) in [5, 5.41) is 0. The number of carbonyl (C=O) groups excluding carboxylic acids is 3. The molecule has 0 aliphatic heterocycles. The van der Waals surface area contributed by atoms with E-state index in [-0.39, 0.29) is 31.1 Å². The molecule has 0 radical (unpaired) electrons. The van der Waals surface area contributed by atoms with Crippen LogP contribution in [0.4, 0.5) is 0 Å². The molecule has 0 aromatic rings. The minimum Gasteiger partial charge on any atom is -0.462 e. The molecule has 6 nitrogen and oxygen atoms in total. The second kappa shape index (κ2) is 50.3. The molecular weight excluding hydrogens is 757 g/mol. The molecule has 0 spiro atoms. The van der Waals surface area contributed by atoms with Gasteiger partial charge >= 0.3 is 17.9 Å². The number of hydrogen-bond acceptors (Lipinski definition) is 6. The summed E-state index contributed by atoms with van der Waals surface area (Å²) in [5.41, 5.74) is 0. The summed E-state index contributed by atoms with van der Waals surface area (Å²) < 4.78 is 16.7. The third kappa shape index (κ3) is 48.5. The minimum absolute atomic E-state index is 0.0694. The summed E-state index contributed by atoms with van der Waals surface area (Å²) in [6.07, 6.45) is 58.8. The van der Waals surface area contributed by atoms with Crippen LogP contribution in [0.15, 0.2) is 36.5 Å². The molecule has 0 aliphatic rings. The number of hydrogen-bond donors (Lipinski definition) is 0. The van der Waals surface area contributed by atoms with Gasteiger partial charge in [-0.25, -0.2) is 0 Å². The molecule has 0 aromatic heterocycles. The van der Waals surface area contributed by atoms with Gasteiger partial charge in [0.05, 0.1) is 0 Å². The van der Waals surface area contributed by atoms with Gasteiger partial charge in [-0.2, -0.15) is 0 Å². The first kappa shape index (κ1) is 58.6. The van der Waals surface area contributed by atoms with Crippen molar-refractivity contribution >= 4 is 17.9 Å². The van der Waals surface area contributed by atoms with Crippen molar-refractivity contribution in [3.8, 4) is 0 Å². The standard InChI is InChI=1S/C55H100O6/c1-4-7-10-13-16-18-19-20-21-22-23-24-25-26-27-28-29-30-31-32-33-34-35-37-39-42-45-48-54(57)60-51-52(50-59-53(56)47-44-41-38-15-12-9-6-3)61-55(58)49-46-43-40-36-17-14-11-8-5-2/h19-20,22-23,25-26,52H,4-18,21,24,27-51H2,1-3H3/b20-19-,23-22-,26-25-. The van der Waals surface area contributed by atoms with Crippen LogP contribution in [0.2, 0.25) is 0 Å². The fourth-order valence-corrected chi connectivity index (χ4v) is 7.63. The normalized spacial score (nSPS) is 12.2. The summed E-state index contributed by atoms with van der Waals surface area (Å²) in [5.74, 6) is -0.873. The van der Waals surface area contributed by atoms with Gasteiger partial charge in [0.1, 0.15) is 13.2 Å². The maximum atomic E-state index is 12.7. The predicted molar refractivity (Wildman–Crippen MR) is 261 cm³/mol. The van der Waals surface area contributed by atoms with Gasteiger partial charge in [0.25, 0.3) is 0 Å². The van der Waals surface area contributed by atoms with Crippen LogP contribution in [0.5, 0.6) is 0 Å². The number of esters is 3. The van der Waals surface area contributed by atoms with E-state index in [1.54, 1.807) is 0 Å². The molecule has 6 heteroatoms. The lowest BCUT2D eigenvalue weighted by atomic mass is 10.0. The first-order chi connectivity index (χ1) is 30.0. The van der Waals surface area contributed by atoms with Crippen LogP contribution in [-0.4, -0.2) is 37.2 Å². The first-order valence-electron chi connectivity index (χ1n) is 26.5. The Hall–Kier alpha value is -2.37. The Kier molecular flexibility index (Phi) is 48.3. The second-order valence-electron chi connectivity index (χ2n) is 17.8. The highest BCUT2D eigenvalue weighted by atomic mass is 16.6. The van der Waals surface area contributed by atoms with E-state index in [2.05, 4.69) is 57.2 Å². The van der Waals surface area contributed by atoms with Gasteiger partial charge in [-0.15, -0.1) is 0 Å². The van der Waals surface area contributed by atoms with Crippen LogP contribution in [0.3, 0.4) is 0 Å². The maximum absolute atomic E-state index is 12.7. The molecule has 0 saturated carbocycles. The highest BCUT2D eigenvalue weighted by Crippen LogP contribution is 2.15. The van der Waals surface area contributed by atoms with E-state index >= 15 is 0 Å². The highest BCUT2D eigenvalue weighted by molar-refractivity contribution is 5.71. The molecule has 0 fully saturated rings. The van der Waals surface area contributed by atoms with Crippen LogP contribution in [0.1, 0.15) is 278 Å². The van der Waals surface area contributed by atoms with E-state index in [0.29, 0.717) is 19.3 Å². The monoisotopic (exact) mass is 857 g/mol. The van der Waals surface area contributed by atoms with E-state index in [1.165, 1.54) is 167 Å². The Morgan fingerprint density at radius 2 is 0.590 bits per heavy atom. The van der Waals surface area contributed by atoms with Crippen LogP contribution < -0.4 is 0 Å². The zero-order chi connectivity index (χ0) is 44.4. The van der Waals surface area contributed by atoms with Gasteiger partial charge in [-0.1, -0.05) is 237 Å². The molecule has 1 unspecified atom stereocenters. The average molecular weight is 857 g/mol.